The number of nitrogens with zero attached hydrogens (tertiary/aromatic N) is 3. The van der Waals surface area contributed by atoms with Crippen LogP contribution in [-0.2, 0) is 9.53 Å². The lowest BCUT2D eigenvalue weighted by Crippen LogP contribution is -2.62. The molecule has 3 heterocycles. The Hall–Kier alpha value is -1.99. The van der Waals surface area contributed by atoms with Gasteiger partial charge in [-0.2, -0.15) is 0 Å². The van der Waals surface area contributed by atoms with Crippen molar-refractivity contribution in [2.75, 3.05) is 39.4 Å². The number of ether oxygens (including phenoxy) is 1. The van der Waals surface area contributed by atoms with Crippen molar-refractivity contribution in [3.8, 4) is 0 Å². The van der Waals surface area contributed by atoms with Crippen molar-refractivity contribution in [1.29, 1.82) is 0 Å². The molecule has 3 fully saturated rings. The van der Waals surface area contributed by atoms with E-state index in [0.717, 1.165) is 12.8 Å². The molecule has 0 aromatic heterocycles. The predicted molar refractivity (Wildman–Crippen MR) is 93.0 cm³/mol. The van der Waals surface area contributed by atoms with E-state index in [2.05, 4.69) is 4.90 Å². The topological polar surface area (TPSA) is 53.1 Å². The maximum Gasteiger partial charge on any atom is 0.253 e. The van der Waals surface area contributed by atoms with Gasteiger partial charge >= 0.3 is 0 Å². The largest absolute Gasteiger partial charge is 0.381 e. The first-order chi connectivity index (χ1) is 12.6. The van der Waals surface area contributed by atoms with Gasteiger partial charge in [0.25, 0.3) is 5.91 Å². The molecule has 1 atom stereocenters. The van der Waals surface area contributed by atoms with E-state index in [1.807, 2.05) is 11.8 Å². The lowest BCUT2D eigenvalue weighted by Gasteiger charge is -2.48. The summed E-state index contributed by atoms with van der Waals surface area (Å²) in [6.07, 6.45) is 1.63. The van der Waals surface area contributed by atoms with Crippen molar-refractivity contribution in [3.05, 3.63) is 35.6 Å². The first-order valence-electron chi connectivity index (χ1n) is 9.27. The van der Waals surface area contributed by atoms with Gasteiger partial charge in [-0.25, -0.2) is 4.39 Å². The number of fused-ring (bicyclic) bond motifs is 2. The predicted octanol–water partition coefficient (Wildman–Crippen LogP) is 1.32. The van der Waals surface area contributed by atoms with Crippen LogP contribution in [0.2, 0.25) is 0 Å². The number of carbonyl (C=O) groups excluding carboxylic acids is 2. The molecule has 140 valence electrons. The highest BCUT2D eigenvalue weighted by Gasteiger charge is 2.57. The molecule has 1 aromatic rings. The van der Waals surface area contributed by atoms with Crippen molar-refractivity contribution < 1.29 is 18.7 Å². The molecule has 6 nitrogen and oxygen atoms in total. The average molecular weight is 361 g/mol. The molecular weight excluding hydrogens is 337 g/mol. The number of halogens is 1. The molecule has 4 rings (SSSR count). The number of hydrogen-bond donors (Lipinski definition) is 0. The number of rotatable bonds is 2. The molecule has 0 bridgehead atoms. The van der Waals surface area contributed by atoms with E-state index in [9.17, 15) is 14.0 Å². The van der Waals surface area contributed by atoms with Crippen LogP contribution in [0.25, 0.3) is 0 Å². The normalized spacial score (nSPS) is 25.6. The number of hydrogen-bond acceptors (Lipinski definition) is 4. The summed E-state index contributed by atoms with van der Waals surface area (Å²) in [5, 5.41) is 0. The third kappa shape index (κ3) is 2.61. The molecule has 3 aliphatic heterocycles. The van der Waals surface area contributed by atoms with E-state index in [4.69, 9.17) is 4.74 Å². The summed E-state index contributed by atoms with van der Waals surface area (Å²) in [6, 6.07) is 5.28. The van der Waals surface area contributed by atoms with Crippen LogP contribution in [-0.4, -0.2) is 77.6 Å². The smallest absolute Gasteiger partial charge is 0.253 e. The van der Waals surface area contributed by atoms with Crippen molar-refractivity contribution in [1.82, 2.24) is 14.7 Å². The Morgan fingerprint density at radius 1 is 1.23 bits per heavy atom. The van der Waals surface area contributed by atoms with Crippen LogP contribution in [0.1, 0.15) is 30.1 Å². The minimum Gasteiger partial charge on any atom is -0.381 e. The van der Waals surface area contributed by atoms with Crippen molar-refractivity contribution in [2.24, 2.45) is 0 Å². The molecule has 1 spiro atoms. The molecule has 0 N–H and O–H groups in total. The fraction of sp³-hybridized carbons (Fsp3) is 0.579. The van der Waals surface area contributed by atoms with Gasteiger partial charge in [0.05, 0.1) is 13.2 Å². The van der Waals surface area contributed by atoms with E-state index in [0.29, 0.717) is 45.0 Å². The third-order valence-electron chi connectivity index (χ3n) is 5.96. The summed E-state index contributed by atoms with van der Waals surface area (Å²) in [6.45, 7) is 5.61. The first kappa shape index (κ1) is 17.4. The molecule has 0 unspecified atom stereocenters. The van der Waals surface area contributed by atoms with Crippen LogP contribution >= 0.6 is 0 Å². The van der Waals surface area contributed by atoms with Crippen LogP contribution < -0.4 is 0 Å². The van der Waals surface area contributed by atoms with Gasteiger partial charge in [-0.3, -0.25) is 14.5 Å². The highest BCUT2D eigenvalue weighted by Crippen LogP contribution is 2.41. The second kappa shape index (κ2) is 6.63. The minimum atomic E-state index is -0.364. The minimum absolute atomic E-state index is 0.103. The Morgan fingerprint density at radius 2 is 1.92 bits per heavy atom. The molecule has 7 heteroatoms. The average Bonchev–Trinajstić information content (AvgIpc) is 2.89. The second-order valence-electron chi connectivity index (χ2n) is 7.14. The highest BCUT2D eigenvalue weighted by molar-refractivity contribution is 5.95. The molecule has 3 saturated heterocycles. The summed E-state index contributed by atoms with van der Waals surface area (Å²) in [5.74, 6) is -0.406. The fourth-order valence-electron chi connectivity index (χ4n) is 4.70. The van der Waals surface area contributed by atoms with E-state index in [1.165, 1.54) is 24.3 Å². The van der Waals surface area contributed by atoms with Crippen molar-refractivity contribution in [2.45, 2.75) is 31.5 Å². The van der Waals surface area contributed by atoms with Gasteiger partial charge in [0.15, 0.2) is 0 Å². The Kier molecular flexibility index (Phi) is 4.44. The summed E-state index contributed by atoms with van der Waals surface area (Å²) in [4.78, 5) is 31.8. The molecule has 0 saturated carbocycles. The first-order valence-corrected chi connectivity index (χ1v) is 9.27. The zero-order valence-corrected chi connectivity index (χ0v) is 15.0. The lowest BCUT2D eigenvalue weighted by atomic mass is 9.96. The zero-order chi connectivity index (χ0) is 18.3. The van der Waals surface area contributed by atoms with Gasteiger partial charge in [0.2, 0.25) is 5.91 Å². The summed E-state index contributed by atoms with van der Waals surface area (Å²) in [5.41, 5.74) is 0.193. The Bertz CT molecular complexity index is 702. The molecular formula is C19H24FN3O3. The third-order valence-corrected chi connectivity index (χ3v) is 5.96. The van der Waals surface area contributed by atoms with E-state index >= 15 is 0 Å². The van der Waals surface area contributed by atoms with Gasteiger partial charge in [-0.15, -0.1) is 0 Å². The van der Waals surface area contributed by atoms with Gasteiger partial charge in [-0.1, -0.05) is 0 Å². The Morgan fingerprint density at radius 3 is 2.58 bits per heavy atom. The number of piperazine rings is 1. The standard InChI is InChI=1S/C19H24FN3O3/c1-2-22-18(25)16-13-21(17(24)14-3-5-15(20)6-4-14)9-10-23(16)19(22)7-11-26-12-8-19/h3-6,16H,2,7-13H2,1H3/t16-/m1/s1. The van der Waals surface area contributed by atoms with Crippen molar-refractivity contribution in [3.63, 3.8) is 0 Å². The van der Waals surface area contributed by atoms with Crippen LogP contribution in [0.4, 0.5) is 4.39 Å². The van der Waals surface area contributed by atoms with Gasteiger partial charge < -0.3 is 14.5 Å². The van der Waals surface area contributed by atoms with Crippen molar-refractivity contribution >= 4 is 11.8 Å². The van der Waals surface area contributed by atoms with E-state index < -0.39 is 0 Å². The fourth-order valence-corrected chi connectivity index (χ4v) is 4.70. The maximum atomic E-state index is 13.1. The highest BCUT2D eigenvalue weighted by atomic mass is 19.1. The van der Waals surface area contributed by atoms with Gasteiger partial charge in [-0.05, 0) is 31.2 Å². The number of amides is 2. The zero-order valence-electron chi connectivity index (χ0n) is 15.0. The van der Waals surface area contributed by atoms with Gasteiger partial charge in [0, 0.05) is 44.6 Å². The quantitative estimate of drug-likeness (QED) is 0.797. The van der Waals surface area contributed by atoms with Crippen LogP contribution in [0.5, 0.6) is 0 Å². The monoisotopic (exact) mass is 361 g/mol. The number of benzene rings is 1. The van der Waals surface area contributed by atoms with E-state index in [1.54, 1.807) is 4.90 Å². The van der Waals surface area contributed by atoms with Gasteiger partial charge in [0.1, 0.15) is 17.5 Å². The van der Waals surface area contributed by atoms with Crippen LogP contribution in [0.3, 0.4) is 0 Å². The Balaban J connectivity index is 1.56. The molecule has 26 heavy (non-hydrogen) atoms. The van der Waals surface area contributed by atoms with Crippen LogP contribution in [0.15, 0.2) is 24.3 Å². The number of carbonyl (C=O) groups is 2. The van der Waals surface area contributed by atoms with Crippen LogP contribution in [0, 0.1) is 5.82 Å². The molecule has 0 radical (unpaired) electrons. The SMILES string of the molecule is CCN1C(=O)[C@H]2CN(C(=O)c3ccc(F)cc3)CCN2C12CCOCC2. The maximum absolute atomic E-state index is 13.1. The summed E-state index contributed by atoms with van der Waals surface area (Å²) < 4.78 is 18.6. The number of likely N-dealkylation sites (N-methyl/N-ethyl adjacent to an activating group) is 1. The molecule has 0 aliphatic carbocycles. The Labute approximate surface area is 152 Å². The second-order valence-corrected chi connectivity index (χ2v) is 7.14. The van der Waals surface area contributed by atoms with E-state index in [-0.39, 0.29) is 29.3 Å². The lowest BCUT2D eigenvalue weighted by molar-refractivity contribution is -0.135. The summed E-state index contributed by atoms with van der Waals surface area (Å²) in [7, 11) is 0. The molecule has 1 aromatic carbocycles. The summed E-state index contributed by atoms with van der Waals surface area (Å²) >= 11 is 0. The molecule has 2 amide bonds. The molecule has 3 aliphatic rings.